The molecule has 0 bridgehead atoms. The predicted octanol–water partition coefficient (Wildman–Crippen LogP) is 2.72. The SMILES string of the molecule is CC[C@H](Cc1cccc(Br)c1)C(=O)N1CCO[C@H](CC(=O)O)C1. The Morgan fingerprint density at radius 3 is 2.91 bits per heavy atom. The summed E-state index contributed by atoms with van der Waals surface area (Å²) in [4.78, 5) is 25.3. The summed E-state index contributed by atoms with van der Waals surface area (Å²) >= 11 is 3.45. The lowest BCUT2D eigenvalue weighted by Gasteiger charge is -2.34. The average Bonchev–Trinajstić information content (AvgIpc) is 2.51. The molecule has 5 nitrogen and oxygen atoms in total. The second kappa shape index (κ2) is 8.45. The summed E-state index contributed by atoms with van der Waals surface area (Å²) < 4.78 is 6.44. The zero-order valence-electron chi connectivity index (χ0n) is 13.2. The molecule has 1 aromatic carbocycles. The lowest BCUT2D eigenvalue weighted by molar-refractivity contribution is -0.149. The number of carboxylic acid groups (broad SMARTS) is 1. The van der Waals surface area contributed by atoms with E-state index in [0.717, 1.165) is 16.5 Å². The van der Waals surface area contributed by atoms with Crippen molar-refractivity contribution >= 4 is 27.8 Å². The van der Waals surface area contributed by atoms with Crippen molar-refractivity contribution in [2.75, 3.05) is 19.7 Å². The summed E-state index contributed by atoms with van der Waals surface area (Å²) in [6.45, 7) is 3.30. The number of amides is 1. The molecular weight excluding hydrogens is 362 g/mol. The number of rotatable bonds is 6. The third-order valence-corrected chi connectivity index (χ3v) is 4.56. The van der Waals surface area contributed by atoms with Crippen LogP contribution in [0.1, 0.15) is 25.3 Å². The van der Waals surface area contributed by atoms with Gasteiger partial charge in [0, 0.05) is 23.5 Å². The van der Waals surface area contributed by atoms with Crippen LogP contribution < -0.4 is 0 Å². The van der Waals surface area contributed by atoms with Gasteiger partial charge in [-0.15, -0.1) is 0 Å². The lowest BCUT2D eigenvalue weighted by atomic mass is 9.95. The molecule has 1 N–H and O–H groups in total. The normalized spacial score (nSPS) is 19.4. The minimum atomic E-state index is -0.898. The van der Waals surface area contributed by atoms with Gasteiger partial charge in [-0.1, -0.05) is 35.0 Å². The summed E-state index contributed by atoms with van der Waals surface area (Å²) in [6.07, 6.45) is 0.974. The Morgan fingerprint density at radius 2 is 2.26 bits per heavy atom. The van der Waals surface area contributed by atoms with Crippen LogP contribution in [0.15, 0.2) is 28.7 Å². The molecule has 1 amide bonds. The smallest absolute Gasteiger partial charge is 0.306 e. The molecule has 0 unspecified atom stereocenters. The van der Waals surface area contributed by atoms with Gasteiger partial charge in [-0.05, 0) is 30.5 Å². The van der Waals surface area contributed by atoms with E-state index < -0.39 is 12.1 Å². The van der Waals surface area contributed by atoms with E-state index in [-0.39, 0.29) is 18.2 Å². The molecule has 0 aromatic heterocycles. The number of halogens is 1. The van der Waals surface area contributed by atoms with Crippen molar-refractivity contribution in [3.63, 3.8) is 0 Å². The van der Waals surface area contributed by atoms with Crippen molar-refractivity contribution in [3.05, 3.63) is 34.3 Å². The molecule has 1 aliphatic heterocycles. The quantitative estimate of drug-likeness (QED) is 0.819. The number of carbonyl (C=O) groups is 2. The van der Waals surface area contributed by atoms with Crippen LogP contribution in [0.25, 0.3) is 0 Å². The van der Waals surface area contributed by atoms with Gasteiger partial charge in [0.15, 0.2) is 0 Å². The second-order valence-corrected chi connectivity index (χ2v) is 6.73. The number of nitrogens with zero attached hydrogens (tertiary/aromatic N) is 1. The van der Waals surface area contributed by atoms with E-state index in [9.17, 15) is 9.59 Å². The van der Waals surface area contributed by atoms with E-state index in [1.807, 2.05) is 31.2 Å². The Labute approximate surface area is 144 Å². The molecule has 1 fully saturated rings. The van der Waals surface area contributed by atoms with Crippen LogP contribution in [0.3, 0.4) is 0 Å². The number of morpholine rings is 1. The Hall–Kier alpha value is -1.40. The molecule has 0 aliphatic carbocycles. The fourth-order valence-electron chi connectivity index (χ4n) is 2.85. The van der Waals surface area contributed by atoms with Crippen LogP contribution >= 0.6 is 15.9 Å². The minimum absolute atomic E-state index is 0.0633. The summed E-state index contributed by atoms with van der Waals surface area (Å²) in [5.74, 6) is -0.899. The van der Waals surface area contributed by atoms with E-state index >= 15 is 0 Å². The first-order chi connectivity index (χ1) is 11.0. The number of benzene rings is 1. The van der Waals surface area contributed by atoms with E-state index in [4.69, 9.17) is 9.84 Å². The first-order valence-electron chi connectivity index (χ1n) is 7.86. The molecule has 1 heterocycles. The molecule has 6 heteroatoms. The van der Waals surface area contributed by atoms with Gasteiger partial charge < -0.3 is 14.7 Å². The van der Waals surface area contributed by atoms with E-state index in [2.05, 4.69) is 15.9 Å². The van der Waals surface area contributed by atoms with Crippen LogP contribution in [-0.4, -0.2) is 47.7 Å². The maximum absolute atomic E-state index is 12.8. The Kier molecular flexibility index (Phi) is 6.59. The second-order valence-electron chi connectivity index (χ2n) is 5.81. The van der Waals surface area contributed by atoms with Crippen molar-refractivity contribution in [2.45, 2.75) is 32.3 Å². The molecule has 2 rings (SSSR count). The van der Waals surface area contributed by atoms with Gasteiger partial charge in [-0.2, -0.15) is 0 Å². The summed E-state index contributed by atoms with van der Waals surface area (Å²) in [5, 5.41) is 8.88. The van der Waals surface area contributed by atoms with Crippen molar-refractivity contribution < 1.29 is 19.4 Å². The highest BCUT2D eigenvalue weighted by Crippen LogP contribution is 2.20. The predicted molar refractivity (Wildman–Crippen MR) is 90.2 cm³/mol. The summed E-state index contributed by atoms with van der Waals surface area (Å²) in [6, 6.07) is 7.98. The number of hydrogen-bond donors (Lipinski definition) is 1. The van der Waals surface area contributed by atoms with Crippen molar-refractivity contribution in [1.29, 1.82) is 0 Å². The van der Waals surface area contributed by atoms with E-state index in [1.54, 1.807) is 4.90 Å². The molecule has 0 spiro atoms. The van der Waals surface area contributed by atoms with Crippen LogP contribution in [0.5, 0.6) is 0 Å². The fourth-order valence-corrected chi connectivity index (χ4v) is 3.30. The number of aliphatic carboxylic acids is 1. The Balaban J connectivity index is 1.99. The third-order valence-electron chi connectivity index (χ3n) is 4.07. The van der Waals surface area contributed by atoms with Crippen molar-refractivity contribution in [3.8, 4) is 0 Å². The Morgan fingerprint density at radius 1 is 1.48 bits per heavy atom. The standard InChI is InChI=1S/C17H22BrNO4/c1-2-13(8-12-4-3-5-14(18)9-12)17(22)19-6-7-23-15(11-19)10-16(20)21/h3-5,9,13,15H,2,6-8,10-11H2,1H3,(H,20,21)/t13-,15-/m1/s1. The summed E-state index contributed by atoms with van der Waals surface area (Å²) in [7, 11) is 0. The summed E-state index contributed by atoms with van der Waals surface area (Å²) in [5.41, 5.74) is 1.12. The van der Waals surface area contributed by atoms with Gasteiger partial charge in [0.2, 0.25) is 5.91 Å². The topological polar surface area (TPSA) is 66.8 Å². The molecule has 1 aliphatic rings. The van der Waals surface area contributed by atoms with E-state index in [1.165, 1.54) is 0 Å². The van der Waals surface area contributed by atoms with Gasteiger partial charge in [-0.25, -0.2) is 0 Å². The van der Waals surface area contributed by atoms with Crippen LogP contribution in [0.4, 0.5) is 0 Å². The minimum Gasteiger partial charge on any atom is -0.481 e. The number of hydrogen-bond acceptors (Lipinski definition) is 3. The average molecular weight is 384 g/mol. The van der Waals surface area contributed by atoms with Gasteiger partial charge in [0.1, 0.15) is 0 Å². The molecule has 126 valence electrons. The van der Waals surface area contributed by atoms with Crippen LogP contribution in [0, 0.1) is 5.92 Å². The third kappa shape index (κ3) is 5.32. The van der Waals surface area contributed by atoms with Gasteiger partial charge in [0.25, 0.3) is 0 Å². The maximum atomic E-state index is 12.8. The van der Waals surface area contributed by atoms with Crippen LogP contribution in [-0.2, 0) is 20.7 Å². The van der Waals surface area contributed by atoms with E-state index in [0.29, 0.717) is 26.1 Å². The highest BCUT2D eigenvalue weighted by molar-refractivity contribution is 9.10. The molecule has 2 atom stereocenters. The monoisotopic (exact) mass is 383 g/mol. The first kappa shape index (κ1) is 17.9. The molecule has 1 saturated heterocycles. The van der Waals surface area contributed by atoms with Gasteiger partial charge in [0.05, 0.1) is 19.1 Å². The number of carbonyl (C=O) groups excluding carboxylic acids is 1. The van der Waals surface area contributed by atoms with Crippen molar-refractivity contribution in [1.82, 2.24) is 4.90 Å². The molecule has 23 heavy (non-hydrogen) atoms. The Bertz CT molecular complexity index is 563. The highest BCUT2D eigenvalue weighted by Gasteiger charge is 2.29. The molecular formula is C17H22BrNO4. The maximum Gasteiger partial charge on any atom is 0.306 e. The van der Waals surface area contributed by atoms with Crippen LogP contribution in [0.2, 0.25) is 0 Å². The lowest BCUT2D eigenvalue weighted by Crippen LogP contribution is -2.48. The molecule has 0 radical (unpaired) electrons. The van der Waals surface area contributed by atoms with Crippen molar-refractivity contribution in [2.24, 2.45) is 5.92 Å². The highest BCUT2D eigenvalue weighted by atomic mass is 79.9. The zero-order valence-corrected chi connectivity index (χ0v) is 14.8. The fraction of sp³-hybridized carbons (Fsp3) is 0.529. The molecule has 0 saturated carbocycles. The molecule has 1 aromatic rings. The number of carboxylic acids is 1. The van der Waals surface area contributed by atoms with Gasteiger partial charge in [-0.3, -0.25) is 9.59 Å². The zero-order chi connectivity index (χ0) is 16.8. The first-order valence-corrected chi connectivity index (χ1v) is 8.65. The number of ether oxygens (including phenoxy) is 1. The van der Waals surface area contributed by atoms with Gasteiger partial charge >= 0.3 is 5.97 Å². The largest absolute Gasteiger partial charge is 0.481 e.